The van der Waals surface area contributed by atoms with Crippen LogP contribution in [0.1, 0.15) is 39.5 Å². The summed E-state index contributed by atoms with van der Waals surface area (Å²) in [5.41, 5.74) is 0.323. The predicted octanol–water partition coefficient (Wildman–Crippen LogP) is 2.91. The van der Waals surface area contributed by atoms with E-state index in [1.165, 1.54) is 13.0 Å². The second-order valence-electron chi connectivity index (χ2n) is 3.34. The molecule has 6 nitrogen and oxygen atoms in total. The number of nitro groups is 2. The molecule has 0 atom stereocenters. The molecular weight excluding hydrogens is 212 g/mol. The van der Waals surface area contributed by atoms with E-state index in [-0.39, 0.29) is 11.4 Å². The third-order valence-electron chi connectivity index (χ3n) is 2.11. The highest BCUT2D eigenvalue weighted by Gasteiger charge is 2.05. The summed E-state index contributed by atoms with van der Waals surface area (Å²) in [5.74, 6) is 0. The molecule has 16 heavy (non-hydrogen) atoms. The molecule has 0 N–H and O–H groups in total. The van der Waals surface area contributed by atoms with Crippen molar-refractivity contribution >= 4 is 0 Å². The van der Waals surface area contributed by atoms with Crippen molar-refractivity contribution in [3.8, 4) is 0 Å². The quantitative estimate of drug-likeness (QED) is 0.381. The average Bonchev–Trinajstić information content (AvgIpc) is 2.22. The molecular formula is C10H16N2O4. The number of rotatable bonds is 7. The van der Waals surface area contributed by atoms with Crippen LogP contribution >= 0.6 is 0 Å². The van der Waals surface area contributed by atoms with E-state index in [0.29, 0.717) is 25.7 Å². The number of nitrogens with zero attached hydrogens (tertiary/aromatic N) is 2. The van der Waals surface area contributed by atoms with Gasteiger partial charge in [0.1, 0.15) is 0 Å². The second-order valence-corrected chi connectivity index (χ2v) is 3.34. The molecule has 0 aliphatic heterocycles. The molecule has 0 spiro atoms. The first kappa shape index (κ1) is 14.3. The van der Waals surface area contributed by atoms with E-state index in [9.17, 15) is 20.2 Å². The third-order valence-corrected chi connectivity index (χ3v) is 2.11. The van der Waals surface area contributed by atoms with Gasteiger partial charge in [0.2, 0.25) is 11.4 Å². The smallest absolute Gasteiger partial charge is 0.242 e. The Balaban J connectivity index is 3.96. The van der Waals surface area contributed by atoms with Crippen LogP contribution in [0, 0.1) is 20.2 Å². The van der Waals surface area contributed by atoms with Gasteiger partial charge < -0.3 is 0 Å². The number of allylic oxidation sites excluding steroid dienone is 4. The van der Waals surface area contributed by atoms with Crippen molar-refractivity contribution in [3.63, 3.8) is 0 Å². The Hall–Kier alpha value is -1.72. The van der Waals surface area contributed by atoms with E-state index in [1.54, 1.807) is 13.0 Å². The van der Waals surface area contributed by atoms with Crippen molar-refractivity contribution < 1.29 is 9.85 Å². The molecule has 0 aromatic carbocycles. The van der Waals surface area contributed by atoms with Gasteiger partial charge in [0.15, 0.2) is 0 Å². The zero-order valence-corrected chi connectivity index (χ0v) is 9.51. The van der Waals surface area contributed by atoms with E-state index in [4.69, 9.17) is 0 Å². The second kappa shape index (κ2) is 7.56. The molecule has 0 aliphatic carbocycles. The van der Waals surface area contributed by atoms with Crippen LogP contribution in [-0.2, 0) is 0 Å². The van der Waals surface area contributed by atoms with Crippen LogP contribution in [0.4, 0.5) is 0 Å². The first-order valence-corrected chi connectivity index (χ1v) is 5.13. The Morgan fingerprint density at radius 1 is 1.12 bits per heavy atom. The minimum Gasteiger partial charge on any atom is -0.259 e. The van der Waals surface area contributed by atoms with E-state index in [0.717, 1.165) is 0 Å². The van der Waals surface area contributed by atoms with Gasteiger partial charge >= 0.3 is 0 Å². The van der Waals surface area contributed by atoms with Crippen LogP contribution in [0.2, 0.25) is 0 Å². The average molecular weight is 228 g/mol. The van der Waals surface area contributed by atoms with Crippen LogP contribution in [0.5, 0.6) is 0 Å². The topological polar surface area (TPSA) is 86.3 Å². The largest absolute Gasteiger partial charge is 0.259 e. The van der Waals surface area contributed by atoms with Crippen molar-refractivity contribution in [2.24, 2.45) is 0 Å². The fourth-order valence-electron chi connectivity index (χ4n) is 1.12. The molecule has 0 saturated heterocycles. The summed E-state index contributed by atoms with van der Waals surface area (Å²) < 4.78 is 0. The third kappa shape index (κ3) is 5.90. The Labute approximate surface area is 94.0 Å². The van der Waals surface area contributed by atoms with Gasteiger partial charge in [-0.2, -0.15) is 0 Å². The Kier molecular flexibility index (Phi) is 6.74. The Bertz CT molecular complexity index is 321. The molecule has 0 aliphatic rings. The summed E-state index contributed by atoms with van der Waals surface area (Å²) in [6.45, 7) is 3.16. The summed E-state index contributed by atoms with van der Waals surface area (Å²) in [7, 11) is 0. The highest BCUT2D eigenvalue weighted by atomic mass is 16.6. The molecule has 0 amide bonds. The first-order chi connectivity index (χ1) is 7.49. The molecule has 0 bridgehead atoms. The van der Waals surface area contributed by atoms with Gasteiger partial charge in [0.25, 0.3) is 0 Å². The summed E-state index contributed by atoms with van der Waals surface area (Å²) in [6, 6.07) is 0. The highest BCUT2D eigenvalue weighted by Crippen LogP contribution is 2.07. The Morgan fingerprint density at radius 2 is 1.69 bits per heavy atom. The van der Waals surface area contributed by atoms with Gasteiger partial charge in [-0.05, 0) is 31.4 Å². The van der Waals surface area contributed by atoms with Gasteiger partial charge in [0.05, 0.1) is 9.85 Å². The predicted molar refractivity (Wildman–Crippen MR) is 60.0 cm³/mol. The van der Waals surface area contributed by atoms with E-state index in [2.05, 4.69) is 0 Å². The maximum Gasteiger partial charge on any atom is 0.242 e. The molecule has 90 valence electrons. The molecule has 6 heteroatoms. The Morgan fingerprint density at radius 3 is 2.12 bits per heavy atom. The maximum atomic E-state index is 10.4. The molecule has 0 saturated carbocycles. The van der Waals surface area contributed by atoms with Gasteiger partial charge in [0, 0.05) is 13.3 Å². The number of unbranched alkanes of at least 4 members (excludes halogenated alkanes) is 2. The zero-order chi connectivity index (χ0) is 12.6. The van der Waals surface area contributed by atoms with Crippen LogP contribution in [0.25, 0.3) is 0 Å². The molecule has 0 radical (unpaired) electrons. The SMILES string of the molecule is CCC(=CCCCC=C(C)[N+](=O)[O-])[N+](=O)[O-]. The van der Waals surface area contributed by atoms with Crippen molar-refractivity contribution in [2.45, 2.75) is 39.5 Å². The van der Waals surface area contributed by atoms with Gasteiger partial charge in [-0.1, -0.05) is 6.92 Å². The van der Waals surface area contributed by atoms with E-state index in [1.807, 2.05) is 0 Å². The molecule has 0 aromatic rings. The molecule has 0 aromatic heterocycles. The lowest BCUT2D eigenvalue weighted by Gasteiger charge is -1.94. The van der Waals surface area contributed by atoms with Crippen molar-refractivity contribution in [1.82, 2.24) is 0 Å². The van der Waals surface area contributed by atoms with E-state index >= 15 is 0 Å². The summed E-state index contributed by atoms with van der Waals surface area (Å²) in [5, 5.41) is 20.7. The molecule has 0 heterocycles. The minimum atomic E-state index is -0.440. The van der Waals surface area contributed by atoms with Gasteiger partial charge in [-0.25, -0.2) is 0 Å². The summed E-state index contributed by atoms with van der Waals surface area (Å²) >= 11 is 0. The minimum absolute atomic E-state index is 0.119. The molecule has 0 fully saturated rings. The zero-order valence-electron chi connectivity index (χ0n) is 9.51. The number of hydrogen-bond acceptors (Lipinski definition) is 4. The van der Waals surface area contributed by atoms with E-state index < -0.39 is 9.85 Å². The summed E-state index contributed by atoms with van der Waals surface area (Å²) in [6.07, 6.45) is 5.34. The lowest BCUT2D eigenvalue weighted by Crippen LogP contribution is -1.96. The van der Waals surface area contributed by atoms with Crippen LogP contribution < -0.4 is 0 Å². The lowest BCUT2D eigenvalue weighted by molar-refractivity contribution is -0.427. The van der Waals surface area contributed by atoms with Crippen LogP contribution in [0.3, 0.4) is 0 Å². The molecule has 0 rings (SSSR count). The van der Waals surface area contributed by atoms with Crippen LogP contribution in [-0.4, -0.2) is 9.85 Å². The normalized spacial score (nSPS) is 12.6. The fraction of sp³-hybridized carbons (Fsp3) is 0.600. The monoisotopic (exact) mass is 228 g/mol. The van der Waals surface area contributed by atoms with Crippen molar-refractivity contribution in [3.05, 3.63) is 43.8 Å². The fourth-order valence-corrected chi connectivity index (χ4v) is 1.12. The first-order valence-electron chi connectivity index (χ1n) is 5.13. The van der Waals surface area contributed by atoms with Gasteiger partial charge in [-0.15, -0.1) is 0 Å². The summed E-state index contributed by atoms with van der Waals surface area (Å²) in [4.78, 5) is 19.8. The van der Waals surface area contributed by atoms with Gasteiger partial charge in [-0.3, -0.25) is 20.2 Å². The maximum absolute atomic E-state index is 10.4. The van der Waals surface area contributed by atoms with Crippen molar-refractivity contribution in [1.29, 1.82) is 0 Å². The highest BCUT2D eigenvalue weighted by molar-refractivity contribution is 4.92. The van der Waals surface area contributed by atoms with Crippen molar-refractivity contribution in [2.75, 3.05) is 0 Å². The lowest BCUT2D eigenvalue weighted by atomic mass is 10.2. The standard InChI is InChI=1S/C10H16N2O4/c1-3-10(12(15)16)8-6-4-5-7-9(2)11(13)14/h7-8H,3-6H2,1-2H3. The molecule has 0 unspecified atom stereocenters. The number of hydrogen-bond donors (Lipinski definition) is 0. The van der Waals surface area contributed by atoms with Crippen LogP contribution in [0.15, 0.2) is 23.5 Å².